The average Bonchev–Trinajstić information content (AvgIpc) is 3.14. The molecule has 0 aliphatic heterocycles. The molecule has 6 heteroatoms. The highest BCUT2D eigenvalue weighted by Crippen LogP contribution is 2.11. The number of aliphatic imine (C=N–C) groups is 1. The van der Waals surface area contributed by atoms with Crippen molar-refractivity contribution in [1.82, 2.24) is 10.2 Å². The monoisotopic (exact) mass is 358 g/mol. The lowest BCUT2D eigenvalue weighted by Crippen LogP contribution is -2.43. The highest BCUT2D eigenvalue weighted by molar-refractivity contribution is 7.09. The first-order valence-corrected chi connectivity index (χ1v) is 9.33. The number of aryl methyl sites for hydroxylation is 1. The van der Waals surface area contributed by atoms with E-state index in [4.69, 9.17) is 0 Å². The first-order chi connectivity index (χ1) is 12.1. The third-order valence-electron chi connectivity index (χ3n) is 3.87. The van der Waals surface area contributed by atoms with Gasteiger partial charge >= 0.3 is 0 Å². The molecule has 0 aliphatic carbocycles. The number of thiophene rings is 1. The standard InChI is InChI=1S/C19H26N4OS/c1-4-15-7-5-8-16(13-15)22-18(24)14-21-19(20-2)23(3)11-10-17-9-6-12-25-17/h5-9,12-13H,4,10-11,14H2,1-3H3,(H,20,21)(H,22,24). The van der Waals surface area contributed by atoms with E-state index in [1.165, 1.54) is 10.4 Å². The Morgan fingerprint density at radius 2 is 2.12 bits per heavy atom. The average molecular weight is 359 g/mol. The molecule has 0 unspecified atom stereocenters. The van der Waals surface area contributed by atoms with Gasteiger partial charge < -0.3 is 15.5 Å². The van der Waals surface area contributed by atoms with E-state index in [-0.39, 0.29) is 12.5 Å². The SMILES string of the molecule is CCc1cccc(NC(=O)CNC(=NC)N(C)CCc2cccs2)c1. The van der Waals surface area contributed by atoms with Crippen LogP contribution in [-0.2, 0) is 17.6 Å². The molecule has 0 fully saturated rings. The normalized spacial score (nSPS) is 11.2. The fourth-order valence-electron chi connectivity index (χ4n) is 2.46. The van der Waals surface area contributed by atoms with Gasteiger partial charge in [-0.15, -0.1) is 11.3 Å². The molecular formula is C19H26N4OS. The molecule has 1 aromatic carbocycles. The van der Waals surface area contributed by atoms with Crippen LogP contribution in [0.2, 0.25) is 0 Å². The first kappa shape index (κ1) is 19.0. The molecule has 0 saturated carbocycles. The lowest BCUT2D eigenvalue weighted by Gasteiger charge is -2.21. The topological polar surface area (TPSA) is 56.7 Å². The quantitative estimate of drug-likeness (QED) is 0.591. The second-order valence-corrected chi connectivity index (χ2v) is 6.79. The van der Waals surface area contributed by atoms with Crippen molar-refractivity contribution in [2.24, 2.45) is 4.99 Å². The molecule has 0 radical (unpaired) electrons. The molecule has 5 nitrogen and oxygen atoms in total. The highest BCUT2D eigenvalue weighted by Gasteiger charge is 2.09. The maximum absolute atomic E-state index is 12.2. The summed E-state index contributed by atoms with van der Waals surface area (Å²) in [7, 11) is 3.71. The first-order valence-electron chi connectivity index (χ1n) is 8.45. The Hall–Kier alpha value is -2.34. The van der Waals surface area contributed by atoms with Crippen LogP contribution in [0.4, 0.5) is 5.69 Å². The number of guanidine groups is 1. The number of nitrogens with one attached hydrogen (secondary N) is 2. The van der Waals surface area contributed by atoms with E-state index in [0.29, 0.717) is 5.96 Å². The minimum atomic E-state index is -0.0824. The molecule has 0 bridgehead atoms. The molecule has 134 valence electrons. The molecule has 2 rings (SSSR count). The van der Waals surface area contributed by atoms with Gasteiger partial charge in [0, 0.05) is 31.2 Å². The smallest absolute Gasteiger partial charge is 0.243 e. The minimum absolute atomic E-state index is 0.0824. The van der Waals surface area contributed by atoms with Crippen molar-refractivity contribution in [3.8, 4) is 0 Å². The Balaban J connectivity index is 1.79. The van der Waals surface area contributed by atoms with Crippen molar-refractivity contribution in [2.75, 3.05) is 32.5 Å². The molecule has 0 aliphatic rings. The van der Waals surface area contributed by atoms with Crippen molar-refractivity contribution in [3.63, 3.8) is 0 Å². The number of anilines is 1. The van der Waals surface area contributed by atoms with E-state index in [9.17, 15) is 4.79 Å². The predicted octanol–water partition coefficient (Wildman–Crippen LogP) is 3.00. The zero-order valence-electron chi connectivity index (χ0n) is 15.1. The van der Waals surface area contributed by atoms with Gasteiger partial charge in [-0.05, 0) is 42.0 Å². The summed E-state index contributed by atoms with van der Waals surface area (Å²) < 4.78 is 0. The van der Waals surface area contributed by atoms with Gasteiger partial charge in [-0.1, -0.05) is 25.1 Å². The van der Waals surface area contributed by atoms with Crippen LogP contribution in [0.15, 0.2) is 46.8 Å². The largest absolute Gasteiger partial charge is 0.347 e. The van der Waals surface area contributed by atoms with E-state index < -0.39 is 0 Å². The maximum atomic E-state index is 12.2. The van der Waals surface area contributed by atoms with Gasteiger partial charge in [0.25, 0.3) is 0 Å². The van der Waals surface area contributed by atoms with E-state index in [2.05, 4.69) is 46.1 Å². The van der Waals surface area contributed by atoms with E-state index in [1.807, 2.05) is 30.1 Å². The number of hydrogen-bond donors (Lipinski definition) is 2. The van der Waals surface area contributed by atoms with Crippen LogP contribution in [0, 0.1) is 0 Å². The fraction of sp³-hybridized carbons (Fsp3) is 0.368. The maximum Gasteiger partial charge on any atom is 0.243 e. The molecule has 1 aromatic heterocycles. The van der Waals surface area contributed by atoms with E-state index in [0.717, 1.165) is 25.1 Å². The number of hydrogen-bond acceptors (Lipinski definition) is 3. The lowest BCUT2D eigenvalue weighted by atomic mass is 10.1. The second kappa shape index (κ2) is 9.84. The summed E-state index contributed by atoms with van der Waals surface area (Å²) in [6, 6.07) is 12.1. The van der Waals surface area contributed by atoms with Crippen LogP contribution in [0.5, 0.6) is 0 Å². The molecule has 0 atom stereocenters. The molecule has 2 aromatic rings. The summed E-state index contributed by atoms with van der Waals surface area (Å²) in [5.74, 6) is 0.634. The Morgan fingerprint density at radius 3 is 2.80 bits per heavy atom. The lowest BCUT2D eigenvalue weighted by molar-refractivity contribution is -0.115. The minimum Gasteiger partial charge on any atom is -0.347 e. The molecule has 2 N–H and O–H groups in total. The summed E-state index contributed by atoms with van der Waals surface area (Å²) in [5.41, 5.74) is 2.03. The van der Waals surface area contributed by atoms with E-state index >= 15 is 0 Å². The number of rotatable bonds is 7. The summed E-state index contributed by atoms with van der Waals surface area (Å²) >= 11 is 1.76. The summed E-state index contributed by atoms with van der Waals surface area (Å²) in [5, 5.41) is 8.11. The van der Waals surface area contributed by atoms with Crippen LogP contribution in [0.1, 0.15) is 17.4 Å². The van der Waals surface area contributed by atoms with E-state index in [1.54, 1.807) is 18.4 Å². The number of amides is 1. The number of carbonyl (C=O) groups is 1. The summed E-state index contributed by atoms with van der Waals surface area (Å²) in [6.07, 6.45) is 1.91. The third-order valence-corrected chi connectivity index (χ3v) is 4.81. The molecule has 0 saturated heterocycles. The Morgan fingerprint density at radius 1 is 1.28 bits per heavy atom. The van der Waals surface area contributed by atoms with Crippen molar-refractivity contribution < 1.29 is 4.79 Å². The third kappa shape index (κ3) is 6.23. The Kier molecular flexibility index (Phi) is 7.47. The van der Waals surface area contributed by atoms with Crippen molar-refractivity contribution in [3.05, 3.63) is 52.2 Å². The summed E-state index contributed by atoms with van der Waals surface area (Å²) in [4.78, 5) is 19.8. The predicted molar refractivity (Wildman–Crippen MR) is 106 cm³/mol. The fourth-order valence-corrected chi connectivity index (χ4v) is 3.16. The molecule has 0 spiro atoms. The highest BCUT2D eigenvalue weighted by atomic mass is 32.1. The van der Waals surface area contributed by atoms with Crippen molar-refractivity contribution in [2.45, 2.75) is 19.8 Å². The zero-order chi connectivity index (χ0) is 18.1. The van der Waals surface area contributed by atoms with Crippen LogP contribution in [-0.4, -0.2) is 44.0 Å². The van der Waals surface area contributed by atoms with Crippen molar-refractivity contribution in [1.29, 1.82) is 0 Å². The molecule has 25 heavy (non-hydrogen) atoms. The van der Waals surface area contributed by atoms with Crippen LogP contribution in [0.25, 0.3) is 0 Å². The second-order valence-electron chi connectivity index (χ2n) is 5.75. The molecule has 1 amide bonds. The van der Waals surface area contributed by atoms with Gasteiger partial charge in [-0.2, -0.15) is 0 Å². The Bertz CT molecular complexity index is 697. The van der Waals surface area contributed by atoms with Gasteiger partial charge in [0.15, 0.2) is 5.96 Å². The van der Waals surface area contributed by atoms with Crippen LogP contribution in [0.3, 0.4) is 0 Å². The van der Waals surface area contributed by atoms with Crippen molar-refractivity contribution >= 4 is 28.9 Å². The number of benzene rings is 1. The summed E-state index contributed by atoms with van der Waals surface area (Å²) in [6.45, 7) is 3.13. The van der Waals surface area contributed by atoms with Gasteiger partial charge in [-0.25, -0.2) is 0 Å². The van der Waals surface area contributed by atoms with Gasteiger partial charge in [0.1, 0.15) is 0 Å². The van der Waals surface area contributed by atoms with Gasteiger partial charge in [0.2, 0.25) is 5.91 Å². The van der Waals surface area contributed by atoms with Gasteiger partial charge in [-0.3, -0.25) is 9.79 Å². The van der Waals surface area contributed by atoms with Crippen LogP contribution < -0.4 is 10.6 Å². The number of nitrogens with zero attached hydrogens (tertiary/aromatic N) is 2. The van der Waals surface area contributed by atoms with Gasteiger partial charge in [0.05, 0.1) is 6.54 Å². The number of likely N-dealkylation sites (N-methyl/N-ethyl adjacent to an activating group) is 1. The molecule has 1 heterocycles. The Labute approximate surface area is 153 Å². The number of carbonyl (C=O) groups excluding carboxylic acids is 1. The van der Waals surface area contributed by atoms with Crippen LogP contribution >= 0.6 is 11.3 Å². The zero-order valence-corrected chi connectivity index (χ0v) is 15.9. The molecular weight excluding hydrogens is 332 g/mol.